The minimum atomic E-state index is -1.26. The molecule has 0 aromatic carbocycles. The van der Waals surface area contributed by atoms with Crippen molar-refractivity contribution in [3.8, 4) is 0 Å². The molecule has 4 amide bonds. The number of carbonyl (C=O) groups excluding carboxylic acids is 7. The Balaban J connectivity index is 0.000000194. The van der Waals surface area contributed by atoms with Crippen LogP contribution in [0.4, 0.5) is 9.59 Å². The van der Waals surface area contributed by atoms with E-state index in [2.05, 4.69) is 9.97 Å². The number of Topliss-reactive ketones (excluding diaryl/α,β-unsaturated/α-hetero) is 5. The van der Waals surface area contributed by atoms with Crippen LogP contribution >= 0.6 is 23.2 Å². The van der Waals surface area contributed by atoms with E-state index in [1.807, 2.05) is 0 Å². The lowest BCUT2D eigenvalue weighted by atomic mass is 9.81. The third kappa shape index (κ3) is 10.2. The first-order valence-electron chi connectivity index (χ1n) is 16.3. The second kappa shape index (κ2) is 17.4. The second-order valence-corrected chi connectivity index (χ2v) is 13.3. The van der Waals surface area contributed by atoms with Gasteiger partial charge in [-0.2, -0.15) is 0 Å². The number of rotatable bonds is 7. The van der Waals surface area contributed by atoms with Gasteiger partial charge in [0.1, 0.15) is 27.8 Å². The fourth-order valence-electron chi connectivity index (χ4n) is 5.90. The van der Waals surface area contributed by atoms with Gasteiger partial charge in [-0.15, -0.1) is 0 Å². The summed E-state index contributed by atoms with van der Waals surface area (Å²) in [6.07, 6.45) is 3.15. The average Bonchev–Trinajstić information content (AvgIpc) is 3.55. The lowest BCUT2D eigenvalue weighted by Gasteiger charge is -2.21. The Bertz CT molecular complexity index is 1720. The van der Waals surface area contributed by atoms with Gasteiger partial charge in [-0.05, 0) is 37.1 Å². The molecule has 0 radical (unpaired) electrons. The molecule has 1 N–H and O–H groups in total. The first-order valence-corrected chi connectivity index (χ1v) is 17.1. The molecule has 0 atom stereocenters. The van der Waals surface area contributed by atoms with Crippen LogP contribution in [0.25, 0.3) is 0 Å². The van der Waals surface area contributed by atoms with Gasteiger partial charge in [0.05, 0.1) is 36.5 Å². The van der Waals surface area contributed by atoms with E-state index in [4.69, 9.17) is 28.3 Å². The minimum absolute atomic E-state index is 0.0711. The molecule has 2 aromatic rings. The van der Waals surface area contributed by atoms with Crippen LogP contribution in [0, 0.1) is 5.92 Å². The van der Waals surface area contributed by atoms with E-state index in [1.54, 1.807) is 33.7 Å². The summed E-state index contributed by atoms with van der Waals surface area (Å²) in [5.74, 6) is -3.35. The highest BCUT2D eigenvalue weighted by Gasteiger charge is 2.38. The zero-order valence-electron chi connectivity index (χ0n) is 28.2. The maximum atomic E-state index is 12.8. The Morgan fingerprint density at radius 1 is 0.686 bits per heavy atom. The number of carboxylic acid groups (broad SMARTS) is 1. The summed E-state index contributed by atoms with van der Waals surface area (Å²) in [6, 6.07) is 5.46. The van der Waals surface area contributed by atoms with Gasteiger partial charge < -0.3 is 24.7 Å². The van der Waals surface area contributed by atoms with E-state index in [9.17, 15) is 38.4 Å². The van der Waals surface area contributed by atoms with Crippen LogP contribution in [-0.2, 0) is 32.3 Å². The highest BCUT2D eigenvalue weighted by atomic mass is 35.5. The Labute approximate surface area is 303 Å². The van der Waals surface area contributed by atoms with Crippen LogP contribution in [0.3, 0.4) is 0 Å². The van der Waals surface area contributed by atoms with Gasteiger partial charge in [0.2, 0.25) is 0 Å². The van der Waals surface area contributed by atoms with Crippen LogP contribution in [0.1, 0.15) is 77.0 Å². The Hall–Kier alpha value is -4.76. The predicted molar refractivity (Wildman–Crippen MR) is 182 cm³/mol. The number of nitrogens with zero attached hydrogens (tertiary/aromatic N) is 6. The van der Waals surface area contributed by atoms with Crippen LogP contribution in [0.5, 0.6) is 0 Å². The molecule has 2 aliphatic carbocycles. The quantitative estimate of drug-likeness (QED) is 0.247. The van der Waals surface area contributed by atoms with Crippen molar-refractivity contribution in [2.24, 2.45) is 5.92 Å². The number of halogens is 2. The zero-order chi connectivity index (χ0) is 37.4. The van der Waals surface area contributed by atoms with Crippen molar-refractivity contribution in [1.29, 1.82) is 0 Å². The lowest BCUT2D eigenvalue weighted by molar-refractivity contribution is -0.133. The number of ketones is 5. The first-order chi connectivity index (χ1) is 24.2. The van der Waals surface area contributed by atoms with E-state index in [0.29, 0.717) is 56.8 Å². The van der Waals surface area contributed by atoms with Crippen molar-refractivity contribution in [1.82, 2.24) is 29.6 Å². The molecular formula is C34H38Cl2N6O9. The molecule has 2 aliphatic heterocycles. The summed E-state index contributed by atoms with van der Waals surface area (Å²) < 4.78 is 0. The van der Waals surface area contributed by atoms with Gasteiger partial charge >= 0.3 is 18.0 Å². The number of pyridine rings is 2. The van der Waals surface area contributed by atoms with Gasteiger partial charge in [-0.1, -0.05) is 23.2 Å². The highest BCUT2D eigenvalue weighted by Crippen LogP contribution is 2.25. The van der Waals surface area contributed by atoms with Crippen molar-refractivity contribution < 1.29 is 43.5 Å². The number of carbonyl (C=O) groups is 8. The molecule has 272 valence electrons. The van der Waals surface area contributed by atoms with Gasteiger partial charge in [-0.3, -0.25) is 24.0 Å². The molecule has 0 bridgehead atoms. The topological polar surface area (TPSA) is 196 Å². The zero-order valence-corrected chi connectivity index (χ0v) is 29.7. The number of hydrogen-bond donors (Lipinski definition) is 1. The minimum Gasteiger partial charge on any atom is -0.478 e. The molecule has 2 saturated heterocycles. The van der Waals surface area contributed by atoms with E-state index < -0.39 is 17.7 Å². The average molecular weight is 746 g/mol. The predicted octanol–water partition coefficient (Wildman–Crippen LogP) is 3.72. The standard InChI is InChI=1S/C17H18ClN3O4.C11H12ClN3O3.C6H8O2/c1-20-7-8-21(17(20)25)9-11-10(5-6-14(18)19-11)16(24)15-12(22)3-2-4-13(15)23;1-14-4-5-15(11(14)18)6-8-7(10(16)17)2-3-9(12)13-8;7-5-2-1-3-6(8)4-5/h5-6,15H,2-4,7-9H2,1H3;2-3H,4-6H2,1H3,(H,16,17);1-4H2. The number of hydrogen-bond acceptors (Lipinski definition) is 10. The normalized spacial score (nSPS) is 18.1. The molecule has 17 heteroatoms. The molecule has 4 heterocycles. The molecule has 2 saturated carbocycles. The summed E-state index contributed by atoms with van der Waals surface area (Å²) in [7, 11) is 3.39. The van der Waals surface area contributed by atoms with Gasteiger partial charge in [-0.25, -0.2) is 24.4 Å². The lowest BCUT2D eigenvalue weighted by Crippen LogP contribution is -2.36. The van der Waals surface area contributed by atoms with E-state index in [-0.39, 0.29) is 89.0 Å². The van der Waals surface area contributed by atoms with Crippen molar-refractivity contribution in [2.45, 2.75) is 58.0 Å². The highest BCUT2D eigenvalue weighted by molar-refractivity contribution is 6.30. The molecule has 6 rings (SSSR count). The molecule has 2 aromatic heterocycles. The van der Waals surface area contributed by atoms with Crippen LogP contribution in [0.15, 0.2) is 24.3 Å². The summed E-state index contributed by atoms with van der Waals surface area (Å²) in [5.41, 5.74) is 0.869. The smallest absolute Gasteiger partial charge is 0.337 e. The third-order valence-electron chi connectivity index (χ3n) is 8.72. The summed E-state index contributed by atoms with van der Waals surface area (Å²) in [5, 5.41) is 9.46. The first kappa shape index (κ1) is 39.0. The van der Waals surface area contributed by atoms with Crippen molar-refractivity contribution in [3.63, 3.8) is 0 Å². The summed E-state index contributed by atoms with van der Waals surface area (Å²) in [4.78, 5) is 107. The van der Waals surface area contributed by atoms with Crippen molar-refractivity contribution in [3.05, 3.63) is 57.1 Å². The molecule has 51 heavy (non-hydrogen) atoms. The number of aromatic nitrogens is 2. The summed E-state index contributed by atoms with van der Waals surface area (Å²) >= 11 is 11.7. The maximum Gasteiger partial charge on any atom is 0.337 e. The molecule has 4 fully saturated rings. The number of likely N-dealkylation sites (N-methyl/N-ethyl adjacent to an activating group) is 2. The van der Waals surface area contributed by atoms with Crippen molar-refractivity contribution >= 4 is 70.1 Å². The maximum absolute atomic E-state index is 12.8. The van der Waals surface area contributed by atoms with Crippen LogP contribution < -0.4 is 0 Å². The molecule has 4 aliphatic rings. The van der Waals surface area contributed by atoms with Gasteiger partial charge in [0.25, 0.3) is 0 Å². The number of amides is 4. The van der Waals surface area contributed by atoms with E-state index >= 15 is 0 Å². The van der Waals surface area contributed by atoms with Gasteiger partial charge in [0, 0.05) is 71.5 Å². The Morgan fingerprint density at radius 2 is 1.12 bits per heavy atom. The van der Waals surface area contributed by atoms with Gasteiger partial charge in [0.15, 0.2) is 17.3 Å². The largest absolute Gasteiger partial charge is 0.478 e. The molecule has 15 nitrogen and oxygen atoms in total. The fraction of sp³-hybridized carbons (Fsp3) is 0.471. The monoisotopic (exact) mass is 744 g/mol. The number of carboxylic acids is 1. The van der Waals surface area contributed by atoms with Crippen molar-refractivity contribution in [2.75, 3.05) is 40.3 Å². The Morgan fingerprint density at radius 3 is 1.51 bits per heavy atom. The fourth-order valence-corrected chi connectivity index (χ4v) is 6.23. The van der Waals surface area contributed by atoms with Crippen LogP contribution in [-0.4, -0.2) is 122 Å². The number of urea groups is 2. The summed E-state index contributed by atoms with van der Waals surface area (Å²) in [6.45, 7) is 2.55. The molecule has 0 spiro atoms. The number of aromatic carboxylic acids is 1. The van der Waals surface area contributed by atoms with Crippen LogP contribution in [0.2, 0.25) is 10.3 Å². The molecule has 0 unspecified atom stereocenters. The Kier molecular flexibility index (Phi) is 13.4. The second-order valence-electron chi connectivity index (χ2n) is 12.5. The molecular weight excluding hydrogens is 707 g/mol. The SMILES string of the molecule is CN1CCN(Cc2nc(Cl)ccc2C(=O)C2C(=O)CCCC2=O)C1=O.CN1CCN(Cc2nc(Cl)ccc2C(=O)O)C1=O.O=C1CCCC(=O)C1. The van der Waals surface area contributed by atoms with E-state index in [0.717, 1.165) is 6.42 Å². The van der Waals surface area contributed by atoms with E-state index in [1.165, 1.54) is 24.3 Å². The third-order valence-corrected chi connectivity index (χ3v) is 9.14.